The first-order valence-electron chi connectivity index (χ1n) is 4.07. The minimum absolute atomic E-state index is 0. The highest BCUT2D eigenvalue weighted by atomic mass is 35.5. The van der Waals surface area contributed by atoms with Crippen LogP contribution in [0.4, 0.5) is 13.2 Å². The minimum atomic E-state index is -4.21. The van der Waals surface area contributed by atoms with Crippen molar-refractivity contribution in [2.24, 2.45) is 0 Å². The summed E-state index contributed by atoms with van der Waals surface area (Å²) in [6, 6.07) is 0. The van der Waals surface area contributed by atoms with Crippen LogP contribution in [0, 0.1) is 0 Å². The van der Waals surface area contributed by atoms with Crippen molar-refractivity contribution in [2.45, 2.75) is 11.9 Å². The molecule has 1 amide bonds. The van der Waals surface area contributed by atoms with Crippen LogP contribution in [0.3, 0.4) is 0 Å². The van der Waals surface area contributed by atoms with E-state index in [1.165, 1.54) is 0 Å². The van der Waals surface area contributed by atoms with Crippen LogP contribution in [0.2, 0.25) is 0 Å². The van der Waals surface area contributed by atoms with Crippen molar-refractivity contribution in [2.75, 3.05) is 25.9 Å². The van der Waals surface area contributed by atoms with Crippen LogP contribution < -0.4 is 10.6 Å². The molecule has 0 heterocycles. The highest BCUT2D eigenvalue weighted by Gasteiger charge is 2.27. The first-order valence-corrected chi connectivity index (χ1v) is 5.06. The first kappa shape index (κ1) is 17.3. The number of alkyl halides is 3. The molecule has 3 nitrogen and oxygen atoms in total. The Labute approximate surface area is 97.0 Å². The van der Waals surface area contributed by atoms with E-state index in [2.05, 4.69) is 10.6 Å². The summed E-state index contributed by atoms with van der Waals surface area (Å²) in [5.74, 6) is -0.378. The fourth-order valence-corrected chi connectivity index (χ4v) is 1.12. The van der Waals surface area contributed by atoms with Crippen molar-refractivity contribution in [3.63, 3.8) is 0 Å². The molecule has 0 radical (unpaired) electrons. The van der Waals surface area contributed by atoms with E-state index in [0.717, 1.165) is 0 Å². The highest BCUT2D eigenvalue weighted by molar-refractivity contribution is 8.00. The Hall–Kier alpha value is -0.140. The van der Waals surface area contributed by atoms with Crippen LogP contribution in [-0.4, -0.2) is 37.3 Å². The lowest BCUT2D eigenvalue weighted by Crippen LogP contribution is -2.28. The molecule has 0 aliphatic rings. The van der Waals surface area contributed by atoms with Crippen molar-refractivity contribution in [3.8, 4) is 0 Å². The molecule has 0 spiro atoms. The maximum Gasteiger partial charge on any atom is 0.441 e. The molecule has 0 rings (SSSR count). The van der Waals surface area contributed by atoms with E-state index in [4.69, 9.17) is 0 Å². The fourth-order valence-electron chi connectivity index (χ4n) is 0.684. The van der Waals surface area contributed by atoms with Gasteiger partial charge in [-0.2, -0.15) is 13.2 Å². The maximum absolute atomic E-state index is 11.6. The van der Waals surface area contributed by atoms with Crippen LogP contribution in [-0.2, 0) is 4.79 Å². The number of carbonyl (C=O) groups excluding carboxylic acids is 1. The van der Waals surface area contributed by atoms with Gasteiger partial charge in [-0.3, -0.25) is 4.79 Å². The third-order valence-electron chi connectivity index (χ3n) is 1.29. The predicted molar refractivity (Wildman–Crippen MR) is 57.3 cm³/mol. The summed E-state index contributed by atoms with van der Waals surface area (Å²) in [5, 5.41) is 5.16. The van der Waals surface area contributed by atoms with Gasteiger partial charge in [0.15, 0.2) is 0 Å². The largest absolute Gasteiger partial charge is 0.441 e. The lowest BCUT2D eigenvalue weighted by molar-refractivity contribution is -0.120. The number of hydrogen-bond donors (Lipinski definition) is 2. The van der Waals surface area contributed by atoms with E-state index < -0.39 is 5.51 Å². The first-order chi connectivity index (χ1) is 6.45. The number of thioether (sulfide) groups is 1. The molecule has 0 saturated heterocycles. The van der Waals surface area contributed by atoms with Gasteiger partial charge in [0.2, 0.25) is 5.91 Å². The van der Waals surface area contributed by atoms with Crippen molar-refractivity contribution in [1.82, 2.24) is 10.6 Å². The van der Waals surface area contributed by atoms with Crippen molar-refractivity contribution in [1.29, 1.82) is 0 Å². The molecule has 0 aromatic carbocycles. The Morgan fingerprint density at radius 1 is 1.33 bits per heavy atom. The van der Waals surface area contributed by atoms with Gasteiger partial charge in [-0.05, 0) is 18.8 Å². The molecule has 92 valence electrons. The lowest BCUT2D eigenvalue weighted by Gasteiger charge is -2.06. The van der Waals surface area contributed by atoms with Crippen LogP contribution in [0.5, 0.6) is 0 Å². The topological polar surface area (TPSA) is 41.1 Å². The molecule has 15 heavy (non-hydrogen) atoms. The van der Waals surface area contributed by atoms with E-state index in [-0.39, 0.29) is 48.8 Å². The second-order valence-corrected chi connectivity index (χ2v) is 3.66. The fraction of sp³-hybridized carbons (Fsp3) is 0.857. The molecule has 0 fully saturated rings. The van der Waals surface area contributed by atoms with Gasteiger partial charge in [0.05, 0.1) is 0 Å². The Morgan fingerprint density at radius 3 is 2.40 bits per heavy atom. The van der Waals surface area contributed by atoms with E-state index in [9.17, 15) is 18.0 Å². The second kappa shape index (κ2) is 9.11. The number of amides is 1. The molecule has 0 unspecified atom stereocenters. The van der Waals surface area contributed by atoms with Gasteiger partial charge in [0.1, 0.15) is 0 Å². The van der Waals surface area contributed by atoms with E-state index in [0.29, 0.717) is 6.54 Å². The zero-order valence-electron chi connectivity index (χ0n) is 8.19. The summed E-state index contributed by atoms with van der Waals surface area (Å²) in [5.41, 5.74) is -4.21. The third-order valence-corrected chi connectivity index (χ3v) is 2.03. The van der Waals surface area contributed by atoms with Crippen molar-refractivity contribution < 1.29 is 18.0 Å². The average Bonchev–Trinajstić information content (AvgIpc) is 2.07. The zero-order valence-corrected chi connectivity index (χ0v) is 9.82. The molecule has 0 atom stereocenters. The quantitative estimate of drug-likeness (QED) is 0.714. The number of hydrogen-bond acceptors (Lipinski definition) is 3. The van der Waals surface area contributed by atoms with E-state index in [1.807, 2.05) is 0 Å². The Morgan fingerprint density at radius 2 is 1.93 bits per heavy atom. The Bertz CT molecular complexity index is 180. The molecular weight excluding hydrogens is 253 g/mol. The molecule has 2 N–H and O–H groups in total. The number of halogens is 4. The van der Waals surface area contributed by atoms with Gasteiger partial charge >= 0.3 is 5.51 Å². The van der Waals surface area contributed by atoms with Crippen LogP contribution in [0.1, 0.15) is 6.42 Å². The monoisotopic (exact) mass is 266 g/mol. The highest BCUT2D eigenvalue weighted by Crippen LogP contribution is 2.29. The predicted octanol–water partition coefficient (Wildman–Crippen LogP) is 1.39. The molecule has 0 aromatic heterocycles. The van der Waals surface area contributed by atoms with Crippen LogP contribution >= 0.6 is 24.2 Å². The third kappa shape index (κ3) is 13.9. The van der Waals surface area contributed by atoms with Crippen LogP contribution in [0.25, 0.3) is 0 Å². The van der Waals surface area contributed by atoms with Gasteiger partial charge in [0, 0.05) is 25.3 Å². The maximum atomic E-state index is 11.6. The molecule has 8 heteroatoms. The smallest absolute Gasteiger partial charge is 0.355 e. The second-order valence-electron chi connectivity index (χ2n) is 2.50. The molecule has 0 aliphatic heterocycles. The van der Waals surface area contributed by atoms with Crippen molar-refractivity contribution in [3.05, 3.63) is 0 Å². The van der Waals surface area contributed by atoms with Gasteiger partial charge < -0.3 is 10.6 Å². The van der Waals surface area contributed by atoms with Crippen LogP contribution in [0.15, 0.2) is 0 Å². The molecule has 0 saturated carbocycles. The van der Waals surface area contributed by atoms with Gasteiger partial charge in [-0.15, -0.1) is 12.4 Å². The van der Waals surface area contributed by atoms with Gasteiger partial charge in [-0.1, -0.05) is 0 Å². The summed E-state index contributed by atoms with van der Waals surface area (Å²) in [6.45, 7) is 0.574. The van der Waals surface area contributed by atoms with E-state index >= 15 is 0 Å². The average molecular weight is 267 g/mol. The minimum Gasteiger partial charge on any atom is -0.355 e. The molecule has 0 aromatic rings. The summed E-state index contributed by atoms with van der Waals surface area (Å²) in [4.78, 5) is 10.9. The van der Waals surface area contributed by atoms with Gasteiger partial charge in [0.25, 0.3) is 0 Å². The normalized spacial score (nSPS) is 10.7. The SMILES string of the molecule is CNCCC(=O)NCCSC(F)(F)F.Cl. The number of rotatable bonds is 6. The lowest BCUT2D eigenvalue weighted by atomic mass is 10.4. The van der Waals surface area contributed by atoms with Gasteiger partial charge in [-0.25, -0.2) is 0 Å². The molecule has 0 aliphatic carbocycles. The van der Waals surface area contributed by atoms with Crippen molar-refractivity contribution >= 4 is 30.1 Å². The molecular formula is C7H14ClF3N2OS. The number of carbonyl (C=O) groups is 1. The summed E-state index contributed by atoms with van der Waals surface area (Å²) < 4.78 is 34.9. The number of nitrogens with one attached hydrogen (secondary N) is 2. The summed E-state index contributed by atoms with van der Waals surface area (Å²) >= 11 is -0.131. The summed E-state index contributed by atoms with van der Waals surface area (Å²) in [6.07, 6.45) is 0.285. The summed E-state index contributed by atoms with van der Waals surface area (Å²) in [7, 11) is 1.70. The standard InChI is InChI=1S/C7H13F3N2OS.ClH/c1-11-3-2-6(13)12-4-5-14-7(8,9)10;/h11H,2-5H2,1H3,(H,12,13);1H. The van der Waals surface area contributed by atoms with E-state index in [1.54, 1.807) is 7.05 Å². The Kier molecular flexibility index (Phi) is 10.5. The Balaban J connectivity index is 0. The molecule has 0 bridgehead atoms. The zero-order chi connectivity index (χ0) is 11.0.